The van der Waals surface area contributed by atoms with Crippen LogP contribution in [0.4, 0.5) is 0 Å². The average Bonchev–Trinajstić information content (AvgIpc) is 0.769. The van der Waals surface area contributed by atoms with E-state index in [1.807, 2.05) is 0 Å². The van der Waals surface area contributed by atoms with Crippen molar-refractivity contribution in [3.8, 4) is 0 Å². The minimum Gasteiger partial charge on any atom is -0.394 e. The van der Waals surface area contributed by atoms with E-state index in [4.69, 9.17) is 71.1 Å². The molecule has 8 aliphatic rings. The van der Waals surface area contributed by atoms with Crippen LogP contribution in [-0.2, 0) is 71.1 Å². The fourth-order valence-electron chi connectivity index (χ4n) is 12.0. The van der Waals surface area contributed by atoms with Crippen molar-refractivity contribution < 1.29 is 219 Å². The van der Waals surface area contributed by atoms with Crippen LogP contribution in [-0.4, -0.2) is 465 Å². The number of aliphatic hydroxyl groups excluding tert-OH is 29. The van der Waals surface area contributed by atoms with Gasteiger partial charge in [-0.1, -0.05) is 0 Å². The Morgan fingerprint density at radius 3 is 1.01 bits per heavy atom. The first-order valence-corrected chi connectivity index (χ1v) is 30.0. The third kappa shape index (κ3) is 16.5. The SMILES string of the molecule is OC[C@H](O)[C@H]1O[C@H](OC[C@H](O)[C@H]2O[C@H](O[C@H]3[C@H](O)[C@@H]([C@@H](O)CO)O[C@H](O)[C@H]3O)[C@@H](O)[C@@H](O[C@H]3O[C@H](CO)[C@@H](O)[C@H](O[C@H]4O[C@H](CO)[C@@H](O)[C@H](O[C@@H]5O[C@H](CO)[C@@H](O)[C@H](O)[C@H]5O)[C@H]4O[C@H]4O[C@H](CO)[C@H](O)[C@H](O)[C@H]4O[C@H]4O[C@H](CO)[C@H](O)[C@H](O)[C@H]4O)[C@H]3O)[C@@H]2O)[C@@H](O)[C@@H](O)[C@@H]1O. The Labute approximate surface area is 535 Å². The lowest BCUT2D eigenvalue weighted by Crippen LogP contribution is -2.70. The van der Waals surface area contributed by atoms with Gasteiger partial charge in [-0.2, -0.15) is 0 Å². The largest absolute Gasteiger partial charge is 0.394 e. The monoisotopic (exact) mass is 1400 g/mol. The molecule has 0 aromatic rings. The molecule has 8 saturated heterocycles. The molecule has 0 unspecified atom stereocenters. The molecule has 0 bridgehead atoms. The summed E-state index contributed by atoms with van der Waals surface area (Å²) in [5, 5.41) is 315. The van der Waals surface area contributed by atoms with Crippen molar-refractivity contribution in [2.45, 2.75) is 264 Å². The molecular formula is C51H88O44. The first-order chi connectivity index (χ1) is 44.9. The second kappa shape index (κ2) is 34.0. The van der Waals surface area contributed by atoms with E-state index >= 15 is 0 Å². The van der Waals surface area contributed by atoms with E-state index in [9.17, 15) is 148 Å². The van der Waals surface area contributed by atoms with E-state index in [1.165, 1.54) is 0 Å². The van der Waals surface area contributed by atoms with Crippen LogP contribution in [0, 0.1) is 0 Å². The molecule has 0 radical (unpaired) electrons. The Kier molecular flexibility index (Phi) is 28.3. The molecule has 8 heterocycles. The van der Waals surface area contributed by atoms with E-state index in [1.54, 1.807) is 0 Å². The second-order valence-corrected chi connectivity index (χ2v) is 23.9. The van der Waals surface area contributed by atoms with Gasteiger partial charge in [0.1, 0.15) is 214 Å². The zero-order valence-electron chi connectivity index (χ0n) is 49.6. The highest BCUT2D eigenvalue weighted by atomic mass is 16.8. The van der Waals surface area contributed by atoms with Crippen LogP contribution in [0.2, 0.25) is 0 Å². The molecule has 0 aromatic heterocycles. The van der Waals surface area contributed by atoms with Crippen molar-refractivity contribution in [3.05, 3.63) is 0 Å². The first-order valence-electron chi connectivity index (χ1n) is 30.0. The normalized spacial score (nSPS) is 52.0. The van der Waals surface area contributed by atoms with Crippen LogP contribution < -0.4 is 0 Å². The standard InChI is InChI=1S/C51H88O44/c52-1-9(59)35-26(71)24(69)27(72)45(88-35)81-8-11(61)37-31(76)40(34(79)49(89-37)90-39-30(75)36(10(60)2-53)87-44(80)32(39)77)91-48-33(78)38(20(65)15(6-57)84-48)92-51-43(41(21(66)16(7-58)86-51)93-46-28(73)22(67)17(62)12(3-54)82-46)95-50-42(25(70)19(64)14(5-56)85-50)94-47-29(74)23(68)18(63)13(4-55)83-47/h9-80H,1-8H2/t9-,10-,11-,12+,13+,14+,15+,16+,17+,18-,19-,20+,21+,22-,23-,24-,25-,26-,27-,28+,29+,30+,31+,32-,33+,34-,35+,36+,37+,38-,39-,40-,41-,42+,43+,44-,45-,46-,47+,48+,49+,50+,51+/m0/s1. The van der Waals surface area contributed by atoms with E-state index in [0.29, 0.717) is 0 Å². The second-order valence-electron chi connectivity index (χ2n) is 23.9. The summed E-state index contributed by atoms with van der Waals surface area (Å²) in [5.74, 6) is 0. The summed E-state index contributed by atoms with van der Waals surface area (Å²) in [4.78, 5) is 0. The van der Waals surface area contributed by atoms with Gasteiger partial charge in [-0.15, -0.1) is 0 Å². The predicted molar refractivity (Wildman–Crippen MR) is 282 cm³/mol. The molecule has 43 atom stereocenters. The van der Waals surface area contributed by atoms with Crippen molar-refractivity contribution in [1.82, 2.24) is 0 Å². The maximum atomic E-state index is 12.3. The molecule has 8 rings (SSSR count). The number of rotatable bonds is 25. The summed E-state index contributed by atoms with van der Waals surface area (Å²) in [6.07, 6.45) is -95.3. The minimum atomic E-state index is -2.62. The lowest BCUT2D eigenvalue weighted by molar-refractivity contribution is -0.418. The molecule has 44 nitrogen and oxygen atoms in total. The van der Waals surface area contributed by atoms with Crippen LogP contribution in [0.5, 0.6) is 0 Å². The van der Waals surface area contributed by atoms with Crippen LogP contribution in [0.15, 0.2) is 0 Å². The third-order valence-electron chi connectivity index (χ3n) is 17.6. The van der Waals surface area contributed by atoms with Crippen molar-refractivity contribution in [2.75, 3.05) is 52.9 Å². The van der Waals surface area contributed by atoms with Gasteiger partial charge in [0.2, 0.25) is 0 Å². The molecule has 95 heavy (non-hydrogen) atoms. The van der Waals surface area contributed by atoms with E-state index < -0.39 is 317 Å². The maximum Gasteiger partial charge on any atom is 0.187 e. The molecule has 0 aliphatic carbocycles. The Morgan fingerprint density at radius 1 is 0.232 bits per heavy atom. The van der Waals surface area contributed by atoms with Crippen LogP contribution in [0.25, 0.3) is 0 Å². The molecule has 29 N–H and O–H groups in total. The van der Waals surface area contributed by atoms with Crippen LogP contribution in [0.1, 0.15) is 0 Å². The Morgan fingerprint density at radius 2 is 0.537 bits per heavy atom. The fourth-order valence-corrected chi connectivity index (χ4v) is 12.0. The highest BCUT2D eigenvalue weighted by molar-refractivity contribution is 5.03. The third-order valence-corrected chi connectivity index (χ3v) is 17.6. The molecule has 556 valence electrons. The molecule has 0 amide bonds. The highest BCUT2D eigenvalue weighted by Crippen LogP contribution is 2.40. The molecule has 0 saturated carbocycles. The number of hydrogen-bond acceptors (Lipinski definition) is 44. The van der Waals surface area contributed by atoms with Crippen molar-refractivity contribution in [1.29, 1.82) is 0 Å². The van der Waals surface area contributed by atoms with Crippen LogP contribution >= 0.6 is 0 Å². The topological polar surface area (TPSA) is 725 Å². The van der Waals surface area contributed by atoms with Gasteiger partial charge in [-0.05, 0) is 0 Å². The van der Waals surface area contributed by atoms with E-state index in [-0.39, 0.29) is 0 Å². The Bertz CT molecular complexity index is 2290. The zero-order valence-corrected chi connectivity index (χ0v) is 49.6. The Balaban J connectivity index is 1.14. The number of aliphatic hydroxyl groups is 29. The summed E-state index contributed by atoms with van der Waals surface area (Å²) in [6.45, 7) is -9.13. The van der Waals surface area contributed by atoms with Gasteiger partial charge in [0.25, 0.3) is 0 Å². The van der Waals surface area contributed by atoms with E-state index in [0.717, 1.165) is 0 Å². The van der Waals surface area contributed by atoms with Gasteiger partial charge in [-0.25, -0.2) is 0 Å². The first kappa shape index (κ1) is 79.0. The van der Waals surface area contributed by atoms with Crippen molar-refractivity contribution >= 4 is 0 Å². The minimum absolute atomic E-state index is 1.02. The Hall–Kier alpha value is -1.76. The molecule has 8 fully saturated rings. The van der Waals surface area contributed by atoms with Gasteiger partial charge >= 0.3 is 0 Å². The summed E-state index contributed by atoms with van der Waals surface area (Å²) < 4.78 is 85.6. The lowest BCUT2D eigenvalue weighted by Gasteiger charge is -2.51. The van der Waals surface area contributed by atoms with Gasteiger partial charge in [-0.3, -0.25) is 0 Å². The van der Waals surface area contributed by atoms with Crippen molar-refractivity contribution in [2.24, 2.45) is 0 Å². The van der Waals surface area contributed by atoms with Gasteiger partial charge < -0.3 is 219 Å². The summed E-state index contributed by atoms with van der Waals surface area (Å²) in [7, 11) is 0. The van der Waals surface area contributed by atoms with Crippen LogP contribution in [0.3, 0.4) is 0 Å². The van der Waals surface area contributed by atoms with Crippen molar-refractivity contribution in [3.63, 3.8) is 0 Å². The molecule has 44 heteroatoms. The number of hydrogen-bond donors (Lipinski definition) is 29. The lowest BCUT2D eigenvalue weighted by atomic mass is 9.93. The molecule has 0 spiro atoms. The van der Waals surface area contributed by atoms with Gasteiger partial charge in [0.15, 0.2) is 50.3 Å². The zero-order chi connectivity index (χ0) is 70.1. The molecular weight excluding hydrogens is 1320 g/mol. The van der Waals surface area contributed by atoms with Gasteiger partial charge in [0, 0.05) is 0 Å². The molecule has 8 aliphatic heterocycles. The van der Waals surface area contributed by atoms with Gasteiger partial charge in [0.05, 0.1) is 52.9 Å². The number of ether oxygens (including phenoxy) is 15. The highest BCUT2D eigenvalue weighted by Gasteiger charge is 2.61. The predicted octanol–water partition coefficient (Wildman–Crippen LogP) is -20.4. The summed E-state index contributed by atoms with van der Waals surface area (Å²) >= 11 is 0. The molecule has 0 aromatic carbocycles. The summed E-state index contributed by atoms with van der Waals surface area (Å²) in [6, 6.07) is 0. The quantitative estimate of drug-likeness (QED) is 0.0404. The fraction of sp³-hybridized carbons (Fsp3) is 1.00. The summed E-state index contributed by atoms with van der Waals surface area (Å²) in [5.41, 5.74) is 0. The smallest absolute Gasteiger partial charge is 0.187 e. The average molecular weight is 1410 g/mol. The van der Waals surface area contributed by atoms with E-state index in [2.05, 4.69) is 0 Å². The maximum absolute atomic E-state index is 12.3.